The van der Waals surface area contributed by atoms with Crippen LogP contribution >= 0.6 is 0 Å². The molecule has 0 aliphatic heterocycles. The van der Waals surface area contributed by atoms with Crippen LogP contribution in [0, 0.1) is 0 Å². The van der Waals surface area contributed by atoms with Crippen molar-refractivity contribution in [1.29, 1.82) is 0 Å². The monoisotopic (exact) mass is 491 g/mol. The fourth-order valence-electron chi connectivity index (χ4n) is 4.63. The highest BCUT2D eigenvalue weighted by Gasteiger charge is 2.30. The summed E-state index contributed by atoms with van der Waals surface area (Å²) in [5.74, 6) is 0.388. The summed E-state index contributed by atoms with van der Waals surface area (Å²) in [5.41, 5.74) is 0.973. The molecule has 1 saturated carbocycles. The molecular formula is C28H33N3O3S. The number of sulfonamides is 1. The van der Waals surface area contributed by atoms with Crippen LogP contribution in [0.15, 0.2) is 83.9 Å². The molecule has 1 aromatic heterocycles. The number of aromatic nitrogens is 1. The summed E-state index contributed by atoms with van der Waals surface area (Å²) in [6.07, 6.45) is 8.43. The Balaban J connectivity index is 1.70. The Bertz CT molecular complexity index is 1210. The van der Waals surface area contributed by atoms with E-state index in [0.29, 0.717) is 23.6 Å². The Kier molecular flexibility index (Phi) is 8.18. The average Bonchev–Trinajstić information content (AvgIpc) is 2.91. The van der Waals surface area contributed by atoms with E-state index in [9.17, 15) is 13.2 Å². The number of pyridine rings is 1. The van der Waals surface area contributed by atoms with Gasteiger partial charge in [-0.25, -0.2) is 13.4 Å². The summed E-state index contributed by atoms with van der Waals surface area (Å²) in [6.45, 7) is 2.41. The molecule has 1 fully saturated rings. The molecule has 0 unspecified atom stereocenters. The lowest BCUT2D eigenvalue weighted by Crippen LogP contribution is -2.42. The van der Waals surface area contributed by atoms with Gasteiger partial charge in [0, 0.05) is 24.3 Å². The number of benzene rings is 2. The second kappa shape index (κ2) is 11.5. The van der Waals surface area contributed by atoms with Gasteiger partial charge in [0.25, 0.3) is 15.9 Å². The van der Waals surface area contributed by atoms with Crippen LogP contribution in [0.25, 0.3) is 0 Å². The summed E-state index contributed by atoms with van der Waals surface area (Å²) < 4.78 is 28.9. The summed E-state index contributed by atoms with van der Waals surface area (Å²) in [4.78, 5) is 20.1. The number of hydrogen-bond acceptors (Lipinski definition) is 4. The standard InChI is InChI=1S/C28H33N3O3S/c1-2-3-21-30(24-14-6-4-7-15-24)35(33,34)26-18-12-13-23(22-26)28(32)31(25-16-8-5-9-17-25)27-19-10-11-20-29-27/h4,6-7,10-15,18-20,22,25H,2-3,5,8-9,16-17,21H2,1H3. The molecule has 35 heavy (non-hydrogen) atoms. The number of amides is 1. The molecule has 2 aromatic carbocycles. The second-order valence-electron chi connectivity index (χ2n) is 8.95. The SMILES string of the molecule is CCCCN(c1ccccc1)S(=O)(=O)c1cccc(C(=O)N(c2ccccn2)C2CCCCC2)c1. The van der Waals surface area contributed by atoms with Crippen molar-refractivity contribution in [2.45, 2.75) is 62.8 Å². The number of carbonyl (C=O) groups is 1. The minimum atomic E-state index is -3.85. The number of hydrogen-bond donors (Lipinski definition) is 0. The Hall–Kier alpha value is -3.19. The van der Waals surface area contributed by atoms with E-state index in [0.717, 1.165) is 38.5 Å². The highest BCUT2D eigenvalue weighted by atomic mass is 32.2. The van der Waals surface area contributed by atoms with Crippen LogP contribution in [0.2, 0.25) is 0 Å². The quantitative estimate of drug-likeness (QED) is 0.365. The zero-order chi connectivity index (χ0) is 24.7. The van der Waals surface area contributed by atoms with Crippen LogP contribution in [0.3, 0.4) is 0 Å². The molecule has 0 bridgehead atoms. The van der Waals surface area contributed by atoms with Gasteiger partial charge in [-0.2, -0.15) is 0 Å². The van der Waals surface area contributed by atoms with Gasteiger partial charge in [-0.3, -0.25) is 14.0 Å². The Morgan fingerprint density at radius 3 is 2.37 bits per heavy atom. The van der Waals surface area contributed by atoms with E-state index < -0.39 is 10.0 Å². The van der Waals surface area contributed by atoms with E-state index in [1.807, 2.05) is 43.3 Å². The summed E-state index contributed by atoms with van der Waals surface area (Å²) in [6, 6.07) is 21.2. The van der Waals surface area contributed by atoms with Gasteiger partial charge in [0.2, 0.25) is 0 Å². The molecule has 0 N–H and O–H groups in total. The summed E-state index contributed by atoms with van der Waals surface area (Å²) in [7, 11) is -3.85. The molecule has 6 nitrogen and oxygen atoms in total. The Morgan fingerprint density at radius 1 is 0.943 bits per heavy atom. The fourth-order valence-corrected chi connectivity index (χ4v) is 6.18. The molecule has 1 aliphatic rings. The van der Waals surface area contributed by atoms with Crippen molar-refractivity contribution in [3.8, 4) is 0 Å². The van der Waals surface area contributed by atoms with Crippen molar-refractivity contribution < 1.29 is 13.2 Å². The predicted octanol–water partition coefficient (Wildman–Crippen LogP) is 6.06. The number of carbonyl (C=O) groups excluding carboxylic acids is 1. The third-order valence-corrected chi connectivity index (χ3v) is 8.31. The first-order chi connectivity index (χ1) is 17.0. The summed E-state index contributed by atoms with van der Waals surface area (Å²) >= 11 is 0. The fraction of sp³-hybridized carbons (Fsp3) is 0.357. The van der Waals surface area contributed by atoms with Crippen LogP contribution in [0.1, 0.15) is 62.2 Å². The van der Waals surface area contributed by atoms with Crippen LogP contribution in [0.5, 0.6) is 0 Å². The third-order valence-electron chi connectivity index (χ3n) is 6.48. The van der Waals surface area contributed by atoms with E-state index in [1.54, 1.807) is 41.4 Å². The molecule has 1 amide bonds. The van der Waals surface area contributed by atoms with Gasteiger partial charge in [0.1, 0.15) is 5.82 Å². The highest BCUT2D eigenvalue weighted by molar-refractivity contribution is 7.92. The van der Waals surface area contributed by atoms with Crippen LogP contribution in [-0.4, -0.2) is 31.9 Å². The Morgan fingerprint density at radius 2 is 1.69 bits per heavy atom. The molecule has 7 heteroatoms. The van der Waals surface area contributed by atoms with Gasteiger partial charge in [-0.1, -0.05) is 62.9 Å². The van der Waals surface area contributed by atoms with Gasteiger partial charge in [0.15, 0.2) is 0 Å². The van der Waals surface area contributed by atoms with E-state index in [1.165, 1.54) is 16.8 Å². The third kappa shape index (κ3) is 5.73. The number of para-hydroxylation sites is 1. The minimum absolute atomic E-state index is 0.0526. The zero-order valence-electron chi connectivity index (χ0n) is 20.2. The molecule has 3 aromatic rings. The molecule has 0 radical (unpaired) electrons. The lowest BCUT2D eigenvalue weighted by Gasteiger charge is -2.33. The van der Waals surface area contributed by atoms with Crippen LogP contribution < -0.4 is 9.21 Å². The van der Waals surface area contributed by atoms with E-state index in [4.69, 9.17) is 0 Å². The van der Waals surface area contributed by atoms with Crippen LogP contribution in [0.4, 0.5) is 11.5 Å². The molecule has 0 saturated heterocycles. The number of unbranched alkanes of at least 4 members (excludes halogenated alkanes) is 1. The van der Waals surface area contributed by atoms with Crippen molar-refractivity contribution >= 4 is 27.4 Å². The number of nitrogens with zero attached hydrogens (tertiary/aromatic N) is 3. The molecule has 184 valence electrons. The average molecular weight is 492 g/mol. The van der Waals surface area contributed by atoms with Gasteiger partial charge in [-0.05, 0) is 61.7 Å². The van der Waals surface area contributed by atoms with Gasteiger partial charge >= 0.3 is 0 Å². The maximum absolute atomic E-state index is 13.8. The number of anilines is 2. The van der Waals surface area contributed by atoms with Crippen LogP contribution in [-0.2, 0) is 10.0 Å². The first-order valence-electron chi connectivity index (χ1n) is 12.4. The minimum Gasteiger partial charge on any atom is -0.290 e. The molecular weight excluding hydrogens is 458 g/mol. The van der Waals surface area contributed by atoms with Gasteiger partial charge < -0.3 is 0 Å². The lowest BCUT2D eigenvalue weighted by molar-refractivity contribution is 0.0969. The smallest absolute Gasteiger partial charge is 0.264 e. The molecule has 0 atom stereocenters. The Labute approximate surface area is 208 Å². The maximum Gasteiger partial charge on any atom is 0.264 e. The molecule has 1 heterocycles. The van der Waals surface area contributed by atoms with Gasteiger partial charge in [-0.15, -0.1) is 0 Å². The van der Waals surface area contributed by atoms with Gasteiger partial charge in [0.05, 0.1) is 10.6 Å². The zero-order valence-corrected chi connectivity index (χ0v) is 21.0. The largest absolute Gasteiger partial charge is 0.290 e. The summed E-state index contributed by atoms with van der Waals surface area (Å²) in [5, 5.41) is 0. The maximum atomic E-state index is 13.8. The molecule has 1 aliphatic carbocycles. The lowest BCUT2D eigenvalue weighted by atomic mass is 9.93. The van der Waals surface area contributed by atoms with Crippen molar-refractivity contribution in [2.75, 3.05) is 15.7 Å². The normalized spacial score (nSPS) is 14.4. The second-order valence-corrected chi connectivity index (χ2v) is 10.8. The first-order valence-corrected chi connectivity index (χ1v) is 13.9. The predicted molar refractivity (Wildman–Crippen MR) is 140 cm³/mol. The molecule has 0 spiro atoms. The van der Waals surface area contributed by atoms with Crippen molar-refractivity contribution in [3.63, 3.8) is 0 Å². The van der Waals surface area contributed by atoms with E-state index in [2.05, 4.69) is 4.98 Å². The van der Waals surface area contributed by atoms with Crippen molar-refractivity contribution in [3.05, 3.63) is 84.6 Å². The van der Waals surface area contributed by atoms with Crippen molar-refractivity contribution in [2.24, 2.45) is 0 Å². The molecule has 4 rings (SSSR count). The number of rotatable bonds is 9. The van der Waals surface area contributed by atoms with E-state index >= 15 is 0 Å². The topological polar surface area (TPSA) is 70.6 Å². The van der Waals surface area contributed by atoms with E-state index in [-0.39, 0.29) is 16.8 Å². The van der Waals surface area contributed by atoms with Crippen molar-refractivity contribution in [1.82, 2.24) is 4.98 Å². The highest BCUT2D eigenvalue weighted by Crippen LogP contribution is 2.29. The first kappa shape index (κ1) is 24.9.